The van der Waals surface area contributed by atoms with Crippen LogP contribution in [-0.4, -0.2) is 75.5 Å². The molecule has 4 atom stereocenters. The third-order valence-corrected chi connectivity index (χ3v) is 5.47. The molecule has 0 saturated carbocycles. The number of amides is 3. The normalized spacial score (nSPS) is 18.1. The molecule has 1 aromatic carbocycles. The first-order valence-corrected chi connectivity index (χ1v) is 10.8. The van der Waals surface area contributed by atoms with Gasteiger partial charge in [-0.1, -0.05) is 30.3 Å². The van der Waals surface area contributed by atoms with Gasteiger partial charge in [0.05, 0.1) is 6.04 Å². The van der Waals surface area contributed by atoms with Crippen LogP contribution in [0.3, 0.4) is 0 Å². The van der Waals surface area contributed by atoms with Gasteiger partial charge in [0.15, 0.2) is 0 Å². The van der Waals surface area contributed by atoms with Crippen molar-refractivity contribution in [3.8, 4) is 0 Å². The van der Waals surface area contributed by atoms with Crippen molar-refractivity contribution in [2.75, 3.05) is 6.54 Å². The summed E-state index contributed by atoms with van der Waals surface area (Å²) in [6.07, 6.45) is 0.671. The number of benzene rings is 1. The number of rotatable bonds is 11. The summed E-state index contributed by atoms with van der Waals surface area (Å²) in [4.78, 5) is 61.5. The molecule has 180 valence electrons. The summed E-state index contributed by atoms with van der Waals surface area (Å²) in [6.45, 7) is 1.74. The van der Waals surface area contributed by atoms with Gasteiger partial charge in [0.1, 0.15) is 18.1 Å². The lowest BCUT2D eigenvalue weighted by molar-refractivity contribution is -0.144. The van der Waals surface area contributed by atoms with E-state index in [0.29, 0.717) is 19.4 Å². The quantitative estimate of drug-likeness (QED) is 0.291. The Balaban J connectivity index is 1.97. The monoisotopic (exact) mass is 462 g/mol. The van der Waals surface area contributed by atoms with Crippen LogP contribution in [0.15, 0.2) is 30.3 Å². The number of carbonyl (C=O) groups is 5. The molecule has 1 fully saturated rings. The second-order valence-corrected chi connectivity index (χ2v) is 8.05. The molecule has 1 saturated heterocycles. The predicted molar refractivity (Wildman–Crippen MR) is 117 cm³/mol. The van der Waals surface area contributed by atoms with Crippen LogP contribution in [0.1, 0.15) is 38.2 Å². The van der Waals surface area contributed by atoms with Gasteiger partial charge in [-0.15, -0.1) is 0 Å². The van der Waals surface area contributed by atoms with Crippen molar-refractivity contribution in [2.24, 2.45) is 5.73 Å². The van der Waals surface area contributed by atoms with Gasteiger partial charge in [-0.2, -0.15) is 0 Å². The Morgan fingerprint density at radius 3 is 2.39 bits per heavy atom. The van der Waals surface area contributed by atoms with Gasteiger partial charge in [0.2, 0.25) is 17.7 Å². The fraction of sp³-hybridized carbons (Fsp3) is 0.500. The van der Waals surface area contributed by atoms with Crippen LogP contribution in [0.2, 0.25) is 0 Å². The number of hydrogen-bond donors (Lipinski definition) is 5. The number of aliphatic carboxylic acids is 2. The molecule has 4 unspecified atom stereocenters. The van der Waals surface area contributed by atoms with E-state index in [1.54, 1.807) is 30.3 Å². The summed E-state index contributed by atoms with van der Waals surface area (Å²) in [5.41, 5.74) is 6.42. The first-order chi connectivity index (χ1) is 15.6. The molecule has 0 aliphatic carbocycles. The summed E-state index contributed by atoms with van der Waals surface area (Å²) in [5, 5.41) is 23.2. The first kappa shape index (κ1) is 25.8. The standard InChI is InChI=1S/C22H30N4O7/c1-13(24-19(29)15(23)9-10-18(27)28)21(31)26-11-5-8-17(26)20(30)25-16(22(32)33)12-14-6-3-2-4-7-14/h2-4,6-7,13,15-17H,5,8-12,23H2,1H3,(H,24,29)(H,25,30)(H,27,28)(H,32,33). The maximum absolute atomic E-state index is 12.9. The average Bonchev–Trinajstić information content (AvgIpc) is 3.26. The molecule has 33 heavy (non-hydrogen) atoms. The zero-order valence-electron chi connectivity index (χ0n) is 18.4. The van der Waals surface area contributed by atoms with E-state index in [0.717, 1.165) is 5.56 Å². The highest BCUT2D eigenvalue weighted by Gasteiger charge is 2.38. The second-order valence-electron chi connectivity index (χ2n) is 8.05. The summed E-state index contributed by atoms with van der Waals surface area (Å²) >= 11 is 0. The van der Waals surface area contributed by atoms with Crippen molar-refractivity contribution < 1.29 is 34.2 Å². The first-order valence-electron chi connectivity index (χ1n) is 10.8. The average molecular weight is 463 g/mol. The highest BCUT2D eigenvalue weighted by atomic mass is 16.4. The zero-order valence-corrected chi connectivity index (χ0v) is 18.4. The van der Waals surface area contributed by atoms with Crippen molar-refractivity contribution in [1.29, 1.82) is 0 Å². The van der Waals surface area contributed by atoms with Crippen LogP contribution in [0.5, 0.6) is 0 Å². The summed E-state index contributed by atoms with van der Waals surface area (Å²) in [7, 11) is 0. The van der Waals surface area contributed by atoms with Crippen LogP contribution in [0, 0.1) is 0 Å². The summed E-state index contributed by atoms with van der Waals surface area (Å²) < 4.78 is 0. The fourth-order valence-electron chi connectivity index (χ4n) is 3.66. The van der Waals surface area contributed by atoms with Crippen molar-refractivity contribution in [3.05, 3.63) is 35.9 Å². The molecule has 11 nitrogen and oxygen atoms in total. The highest BCUT2D eigenvalue weighted by molar-refractivity contribution is 5.94. The van der Waals surface area contributed by atoms with Crippen LogP contribution in [0.25, 0.3) is 0 Å². The molecule has 0 bridgehead atoms. The van der Waals surface area contributed by atoms with E-state index in [1.807, 2.05) is 0 Å². The minimum Gasteiger partial charge on any atom is -0.481 e. The van der Waals surface area contributed by atoms with Crippen molar-refractivity contribution in [1.82, 2.24) is 15.5 Å². The molecule has 1 aliphatic rings. The molecule has 3 amide bonds. The van der Waals surface area contributed by atoms with E-state index in [9.17, 15) is 29.1 Å². The van der Waals surface area contributed by atoms with E-state index in [2.05, 4.69) is 10.6 Å². The van der Waals surface area contributed by atoms with Crippen molar-refractivity contribution in [3.63, 3.8) is 0 Å². The fourth-order valence-corrected chi connectivity index (χ4v) is 3.66. The van der Waals surface area contributed by atoms with Gasteiger partial charge >= 0.3 is 11.9 Å². The van der Waals surface area contributed by atoms with Gasteiger partial charge in [-0.25, -0.2) is 4.79 Å². The Hall–Kier alpha value is -3.47. The lowest BCUT2D eigenvalue weighted by Crippen LogP contribution is -2.56. The molecule has 1 aromatic rings. The second kappa shape index (κ2) is 12.0. The SMILES string of the molecule is CC(NC(=O)C(N)CCC(=O)O)C(=O)N1CCCC1C(=O)NC(Cc1ccccc1)C(=O)O. The predicted octanol–water partition coefficient (Wildman–Crippen LogP) is -0.514. The number of carbonyl (C=O) groups excluding carboxylic acids is 3. The van der Waals surface area contributed by atoms with Gasteiger partial charge in [-0.3, -0.25) is 19.2 Å². The Kier molecular flexibility index (Phi) is 9.34. The van der Waals surface area contributed by atoms with Crippen molar-refractivity contribution in [2.45, 2.75) is 63.2 Å². The Labute approximate surface area is 191 Å². The molecule has 2 rings (SSSR count). The van der Waals surface area contributed by atoms with Gasteiger partial charge in [0, 0.05) is 19.4 Å². The number of carboxylic acid groups (broad SMARTS) is 2. The van der Waals surface area contributed by atoms with E-state index in [-0.39, 0.29) is 19.3 Å². The number of likely N-dealkylation sites (tertiary alicyclic amines) is 1. The lowest BCUT2D eigenvalue weighted by Gasteiger charge is -2.28. The number of nitrogens with one attached hydrogen (secondary N) is 2. The Bertz CT molecular complexity index is 877. The maximum atomic E-state index is 12.9. The molecule has 1 aliphatic heterocycles. The molecular formula is C22H30N4O7. The molecule has 0 spiro atoms. The maximum Gasteiger partial charge on any atom is 0.326 e. The Morgan fingerprint density at radius 2 is 1.79 bits per heavy atom. The topological polar surface area (TPSA) is 179 Å². The van der Waals surface area contributed by atoms with Crippen LogP contribution in [-0.2, 0) is 30.4 Å². The number of nitrogens with zero attached hydrogens (tertiary/aromatic N) is 1. The lowest BCUT2D eigenvalue weighted by atomic mass is 10.1. The molecule has 6 N–H and O–H groups in total. The highest BCUT2D eigenvalue weighted by Crippen LogP contribution is 2.19. The molecule has 1 heterocycles. The van der Waals surface area contributed by atoms with Gasteiger partial charge in [-0.05, 0) is 31.7 Å². The number of hydrogen-bond acceptors (Lipinski definition) is 6. The van der Waals surface area contributed by atoms with Crippen LogP contribution in [0.4, 0.5) is 0 Å². The summed E-state index contributed by atoms with van der Waals surface area (Å²) in [6, 6.07) is 4.81. The molecule has 11 heteroatoms. The molecule has 0 aromatic heterocycles. The molecular weight excluding hydrogens is 432 g/mol. The van der Waals surface area contributed by atoms with E-state index >= 15 is 0 Å². The van der Waals surface area contributed by atoms with E-state index < -0.39 is 53.8 Å². The van der Waals surface area contributed by atoms with Gasteiger partial charge < -0.3 is 31.5 Å². The van der Waals surface area contributed by atoms with Crippen molar-refractivity contribution >= 4 is 29.7 Å². The van der Waals surface area contributed by atoms with Crippen LogP contribution >= 0.6 is 0 Å². The third-order valence-electron chi connectivity index (χ3n) is 5.47. The minimum absolute atomic E-state index is 0.0746. The van der Waals surface area contributed by atoms with E-state index in [4.69, 9.17) is 10.8 Å². The van der Waals surface area contributed by atoms with Gasteiger partial charge in [0.25, 0.3) is 0 Å². The largest absolute Gasteiger partial charge is 0.481 e. The van der Waals surface area contributed by atoms with Crippen LogP contribution < -0.4 is 16.4 Å². The third kappa shape index (κ3) is 7.56. The smallest absolute Gasteiger partial charge is 0.326 e. The summed E-state index contributed by atoms with van der Waals surface area (Å²) in [5.74, 6) is -3.99. The van der Waals surface area contributed by atoms with E-state index in [1.165, 1.54) is 11.8 Å². The minimum atomic E-state index is -1.18. The number of carboxylic acids is 2. The zero-order chi connectivity index (χ0) is 24.5. The number of nitrogens with two attached hydrogens (primary N) is 1. The Morgan fingerprint density at radius 1 is 1.12 bits per heavy atom. The molecule has 0 radical (unpaired) electrons.